The lowest BCUT2D eigenvalue weighted by Gasteiger charge is -2.34. The molecule has 0 saturated heterocycles. The van der Waals surface area contributed by atoms with E-state index in [1.54, 1.807) is 19.0 Å². The van der Waals surface area contributed by atoms with E-state index in [0.717, 1.165) is 36.1 Å². The van der Waals surface area contributed by atoms with Gasteiger partial charge in [-0.3, -0.25) is 14.4 Å². The smallest absolute Gasteiger partial charge is 0.241 e. The van der Waals surface area contributed by atoms with Crippen LogP contribution in [0.25, 0.3) is 0 Å². The summed E-state index contributed by atoms with van der Waals surface area (Å²) in [6.07, 6.45) is 4.80. The monoisotopic (exact) mass is 627 g/mol. The van der Waals surface area contributed by atoms with E-state index in [9.17, 15) is 24.6 Å². The first-order chi connectivity index (χ1) is 21.0. The molecule has 1 aliphatic rings. The van der Waals surface area contributed by atoms with Crippen molar-refractivity contribution in [2.45, 2.75) is 103 Å². The molecule has 8 nitrogen and oxygen atoms in total. The summed E-state index contributed by atoms with van der Waals surface area (Å²) in [5.74, 6) is -0.935. The van der Waals surface area contributed by atoms with Gasteiger partial charge in [0.25, 0.3) is 0 Å². The predicted molar refractivity (Wildman–Crippen MR) is 176 cm³/mol. The Morgan fingerprint density at radius 2 is 1.64 bits per heavy atom. The second-order valence-electron chi connectivity index (χ2n) is 13.1. The maximum absolute atomic E-state index is 14.1. The Balaban J connectivity index is 1.86. The summed E-state index contributed by atoms with van der Waals surface area (Å²) in [6, 6.07) is 12.5. The molecule has 0 unspecified atom stereocenters. The van der Waals surface area contributed by atoms with Crippen LogP contribution >= 0.6 is 11.3 Å². The molecular weight excluding hydrogens is 574 g/mol. The lowest BCUT2D eigenvalue weighted by Crippen LogP contribution is -2.52. The van der Waals surface area contributed by atoms with Crippen molar-refractivity contribution in [1.29, 1.82) is 0 Å². The number of aliphatic hydroxyl groups is 2. The first-order valence-corrected chi connectivity index (χ1v) is 17.1. The first-order valence-electron chi connectivity index (χ1n) is 16.2. The van der Waals surface area contributed by atoms with Crippen LogP contribution in [-0.4, -0.2) is 76.6 Å². The van der Waals surface area contributed by atoms with Gasteiger partial charge in [-0.25, -0.2) is 0 Å². The summed E-state index contributed by atoms with van der Waals surface area (Å²) in [5, 5.41) is 27.2. The van der Waals surface area contributed by atoms with Crippen molar-refractivity contribution in [3.63, 3.8) is 0 Å². The summed E-state index contributed by atoms with van der Waals surface area (Å²) in [5.41, 5.74) is 0.904. The fourth-order valence-corrected chi connectivity index (χ4v) is 6.94. The average Bonchev–Trinajstić information content (AvgIpc) is 3.52. The minimum Gasteiger partial charge on any atom is -0.390 e. The minimum absolute atomic E-state index is 0.0809. The number of thiophene rings is 1. The molecule has 44 heavy (non-hydrogen) atoms. The fraction of sp³-hybridized carbons (Fsp3) is 0.629. The van der Waals surface area contributed by atoms with E-state index < -0.39 is 24.2 Å². The molecule has 0 spiro atoms. The third-order valence-electron chi connectivity index (χ3n) is 8.85. The fourth-order valence-electron chi connectivity index (χ4n) is 6.15. The molecule has 3 rings (SSSR count). The molecule has 1 aromatic heterocycles. The topological polar surface area (TPSA) is 110 Å². The van der Waals surface area contributed by atoms with E-state index in [-0.39, 0.29) is 42.6 Å². The number of nitrogens with one attached hydrogen (secondary N) is 1. The Bertz CT molecular complexity index is 1150. The lowest BCUT2D eigenvalue weighted by molar-refractivity contribution is -0.143. The van der Waals surface area contributed by atoms with Gasteiger partial charge in [0.15, 0.2) is 0 Å². The summed E-state index contributed by atoms with van der Waals surface area (Å²) >= 11 is 1.53. The second kappa shape index (κ2) is 17.7. The number of hydrogen-bond acceptors (Lipinski definition) is 6. The number of carbonyl (C=O) groups excluding carboxylic acids is 3. The van der Waals surface area contributed by atoms with E-state index in [1.807, 2.05) is 68.6 Å². The van der Waals surface area contributed by atoms with Gasteiger partial charge in [0.1, 0.15) is 12.6 Å². The van der Waals surface area contributed by atoms with Crippen molar-refractivity contribution < 1.29 is 24.6 Å². The zero-order valence-electron chi connectivity index (χ0n) is 27.2. The van der Waals surface area contributed by atoms with E-state index in [1.165, 1.54) is 22.7 Å². The molecule has 2 aromatic rings. The van der Waals surface area contributed by atoms with Crippen LogP contribution in [0.15, 0.2) is 47.8 Å². The molecule has 1 aromatic carbocycles. The molecule has 1 heterocycles. The van der Waals surface area contributed by atoms with Crippen molar-refractivity contribution in [2.75, 3.05) is 20.6 Å². The number of likely N-dealkylation sites (N-methyl/N-ethyl adjacent to an activating group) is 1. The van der Waals surface area contributed by atoms with Gasteiger partial charge in [-0.2, -0.15) is 0 Å². The Kier molecular flexibility index (Phi) is 14.3. The Morgan fingerprint density at radius 3 is 2.23 bits per heavy atom. The van der Waals surface area contributed by atoms with Gasteiger partial charge in [-0.15, -0.1) is 11.3 Å². The van der Waals surface area contributed by atoms with Crippen LogP contribution < -0.4 is 5.32 Å². The van der Waals surface area contributed by atoms with Crippen LogP contribution in [0.1, 0.15) is 88.6 Å². The third kappa shape index (κ3) is 11.0. The summed E-state index contributed by atoms with van der Waals surface area (Å²) in [6.45, 7) is 5.80. The van der Waals surface area contributed by atoms with Gasteiger partial charge in [-0.1, -0.05) is 82.3 Å². The molecule has 0 bridgehead atoms. The normalized spacial score (nSPS) is 17.4. The zero-order chi connectivity index (χ0) is 32.2. The van der Waals surface area contributed by atoms with Gasteiger partial charge in [-0.05, 0) is 55.0 Å². The van der Waals surface area contributed by atoms with Gasteiger partial charge in [0.05, 0.1) is 24.1 Å². The molecule has 3 N–H and O–H groups in total. The number of rotatable bonds is 16. The van der Waals surface area contributed by atoms with Crippen LogP contribution in [-0.2, 0) is 20.8 Å². The lowest BCUT2D eigenvalue weighted by atomic mass is 9.82. The van der Waals surface area contributed by atoms with Crippen molar-refractivity contribution in [3.8, 4) is 0 Å². The van der Waals surface area contributed by atoms with E-state index in [4.69, 9.17) is 0 Å². The Morgan fingerprint density at radius 1 is 0.955 bits per heavy atom. The van der Waals surface area contributed by atoms with Crippen molar-refractivity contribution >= 4 is 29.1 Å². The number of carbonyl (C=O) groups is 3. The second-order valence-corrected chi connectivity index (χ2v) is 14.2. The third-order valence-corrected chi connectivity index (χ3v) is 9.75. The largest absolute Gasteiger partial charge is 0.390 e. The van der Waals surface area contributed by atoms with E-state index >= 15 is 0 Å². The summed E-state index contributed by atoms with van der Waals surface area (Å²) < 4.78 is 0. The molecule has 1 saturated carbocycles. The van der Waals surface area contributed by atoms with Crippen LogP contribution in [0.2, 0.25) is 0 Å². The highest BCUT2D eigenvalue weighted by molar-refractivity contribution is 7.09. The highest BCUT2D eigenvalue weighted by Gasteiger charge is 2.35. The SMILES string of the molecule is CC(C)C[C@@H](O)[C@H](O)[C@H](CC1CCCCC1)NC(=O)[C@@H](CC(=O)N(CC(=O)N(C)C)[C@@H](C)c1ccccc1)Cc1cccs1. The molecule has 0 radical (unpaired) electrons. The first kappa shape index (κ1) is 35.7. The molecule has 244 valence electrons. The molecular formula is C35H53N3O5S. The maximum atomic E-state index is 14.1. The van der Waals surface area contributed by atoms with Crippen molar-refractivity contribution in [2.24, 2.45) is 17.8 Å². The molecule has 3 amide bonds. The molecule has 9 heteroatoms. The predicted octanol–water partition coefficient (Wildman–Crippen LogP) is 5.20. The van der Waals surface area contributed by atoms with Crippen LogP contribution in [0.5, 0.6) is 0 Å². The number of hydrogen-bond donors (Lipinski definition) is 3. The van der Waals surface area contributed by atoms with E-state index in [2.05, 4.69) is 5.32 Å². The van der Waals surface area contributed by atoms with Gasteiger partial charge < -0.3 is 25.3 Å². The molecule has 1 fully saturated rings. The number of aliphatic hydroxyl groups excluding tert-OH is 2. The Hall–Kier alpha value is -2.75. The van der Waals surface area contributed by atoms with Gasteiger partial charge in [0.2, 0.25) is 17.7 Å². The van der Waals surface area contributed by atoms with Gasteiger partial charge >= 0.3 is 0 Å². The molecule has 1 aliphatic carbocycles. The van der Waals surface area contributed by atoms with E-state index in [0.29, 0.717) is 25.2 Å². The molecule has 5 atom stereocenters. The number of benzene rings is 1. The van der Waals surface area contributed by atoms with Crippen molar-refractivity contribution in [1.82, 2.24) is 15.1 Å². The minimum atomic E-state index is -1.10. The van der Waals surface area contributed by atoms with Gasteiger partial charge in [0, 0.05) is 25.4 Å². The van der Waals surface area contributed by atoms with Crippen molar-refractivity contribution in [3.05, 3.63) is 58.3 Å². The van der Waals surface area contributed by atoms with Crippen LogP contribution in [0.4, 0.5) is 0 Å². The maximum Gasteiger partial charge on any atom is 0.241 e. The number of nitrogens with zero attached hydrogens (tertiary/aromatic N) is 2. The standard InChI is InChI=1S/C35H53N3O5S/c1-24(2)19-31(39)34(42)30(20-26-13-8-6-9-14-26)36-35(43)28(21-29-17-12-18-44-29)22-32(40)38(23-33(41)37(4)5)25(3)27-15-10-7-11-16-27/h7,10-12,15-18,24-26,28,30-31,34,39,42H,6,8-9,13-14,19-23H2,1-5H3,(H,36,43)/t25-,28+,30-,31+,34+/m0/s1. The van der Waals surface area contributed by atoms with Crippen LogP contribution in [0, 0.1) is 17.8 Å². The Labute approximate surface area is 267 Å². The summed E-state index contributed by atoms with van der Waals surface area (Å²) in [7, 11) is 3.33. The van der Waals surface area contributed by atoms with Crippen LogP contribution in [0.3, 0.4) is 0 Å². The average molecular weight is 628 g/mol. The zero-order valence-corrected chi connectivity index (χ0v) is 28.0. The summed E-state index contributed by atoms with van der Waals surface area (Å²) in [4.78, 5) is 44.9. The number of amides is 3. The highest BCUT2D eigenvalue weighted by atomic mass is 32.1. The quantitative estimate of drug-likeness (QED) is 0.237. The molecule has 0 aliphatic heterocycles. The highest BCUT2D eigenvalue weighted by Crippen LogP contribution is 2.30.